The molecule has 0 amide bonds. The van der Waals surface area contributed by atoms with Crippen LogP contribution in [0.25, 0.3) is 0 Å². The Kier molecular flexibility index (Phi) is 23.9. The van der Waals surface area contributed by atoms with Crippen molar-refractivity contribution < 1.29 is 0 Å². The van der Waals surface area contributed by atoms with Crippen LogP contribution in [0.3, 0.4) is 0 Å². The van der Waals surface area contributed by atoms with E-state index >= 15 is 0 Å². The number of rotatable bonds is 23. The Balaban J connectivity index is 3.53. The third kappa shape index (κ3) is 22.1. The second-order valence-corrected chi connectivity index (χ2v) is 8.64. The molecule has 0 unspecified atom stereocenters. The van der Waals surface area contributed by atoms with E-state index in [1.165, 1.54) is 135 Å². The quantitative estimate of drug-likeness (QED) is 0.183. The molecule has 0 heterocycles. The minimum absolute atomic E-state index is 0.839. The summed E-state index contributed by atoms with van der Waals surface area (Å²) in [6.07, 6.45) is 26.8. The van der Waals surface area contributed by atoms with E-state index in [1.54, 1.807) is 0 Å². The Morgan fingerprint density at radius 1 is 0.407 bits per heavy atom. The molecule has 0 atom stereocenters. The molecular formula is C25H54N2. The molecule has 0 aromatic carbocycles. The monoisotopic (exact) mass is 382 g/mol. The first-order valence-electron chi connectivity index (χ1n) is 12.8. The molecule has 0 radical (unpaired) electrons. The molecule has 0 aliphatic carbocycles. The smallest absolute Gasteiger partial charge is 0.000672 e. The summed E-state index contributed by atoms with van der Waals surface area (Å²) in [6, 6.07) is 0. The molecule has 2 nitrogen and oxygen atoms in total. The van der Waals surface area contributed by atoms with Crippen molar-refractivity contribution in [3.63, 3.8) is 0 Å². The summed E-state index contributed by atoms with van der Waals surface area (Å²) >= 11 is 0. The SMILES string of the molecule is CCCCCCCCCCCN(CCCN)CCCCCCCCCCC. The van der Waals surface area contributed by atoms with Crippen LogP contribution < -0.4 is 5.73 Å². The lowest BCUT2D eigenvalue weighted by molar-refractivity contribution is 0.258. The van der Waals surface area contributed by atoms with Crippen molar-refractivity contribution in [2.75, 3.05) is 26.2 Å². The molecule has 2 heteroatoms. The van der Waals surface area contributed by atoms with Gasteiger partial charge in [0.25, 0.3) is 0 Å². The van der Waals surface area contributed by atoms with Crippen molar-refractivity contribution in [1.29, 1.82) is 0 Å². The highest BCUT2D eigenvalue weighted by Crippen LogP contribution is 2.12. The van der Waals surface area contributed by atoms with Crippen LogP contribution in [-0.2, 0) is 0 Å². The average molecular weight is 383 g/mol. The van der Waals surface area contributed by atoms with Gasteiger partial charge in [-0.3, -0.25) is 0 Å². The van der Waals surface area contributed by atoms with Gasteiger partial charge in [0.1, 0.15) is 0 Å². The maximum absolute atomic E-state index is 5.74. The summed E-state index contributed by atoms with van der Waals surface area (Å²) in [5.74, 6) is 0. The molecule has 164 valence electrons. The van der Waals surface area contributed by atoms with Gasteiger partial charge in [0.05, 0.1) is 0 Å². The van der Waals surface area contributed by atoms with Crippen molar-refractivity contribution in [3.8, 4) is 0 Å². The predicted molar refractivity (Wildman–Crippen MR) is 125 cm³/mol. The lowest BCUT2D eigenvalue weighted by atomic mass is 10.1. The molecule has 0 fully saturated rings. The van der Waals surface area contributed by atoms with E-state index in [2.05, 4.69) is 18.7 Å². The maximum Gasteiger partial charge on any atom is -0.000672 e. The Morgan fingerprint density at radius 3 is 1.04 bits per heavy atom. The topological polar surface area (TPSA) is 29.3 Å². The average Bonchev–Trinajstić information content (AvgIpc) is 2.68. The maximum atomic E-state index is 5.74. The fraction of sp³-hybridized carbons (Fsp3) is 1.00. The van der Waals surface area contributed by atoms with Gasteiger partial charge < -0.3 is 10.6 Å². The van der Waals surface area contributed by atoms with Crippen LogP contribution in [0.2, 0.25) is 0 Å². The zero-order valence-electron chi connectivity index (χ0n) is 19.3. The third-order valence-electron chi connectivity index (χ3n) is 5.83. The van der Waals surface area contributed by atoms with Crippen LogP contribution in [0, 0.1) is 0 Å². The van der Waals surface area contributed by atoms with Gasteiger partial charge in [-0.15, -0.1) is 0 Å². The van der Waals surface area contributed by atoms with E-state index in [-0.39, 0.29) is 0 Å². The van der Waals surface area contributed by atoms with E-state index in [9.17, 15) is 0 Å². The first kappa shape index (κ1) is 26.9. The van der Waals surface area contributed by atoms with Gasteiger partial charge in [0.2, 0.25) is 0 Å². The Morgan fingerprint density at radius 2 is 0.704 bits per heavy atom. The second kappa shape index (κ2) is 24.0. The summed E-state index contributed by atoms with van der Waals surface area (Å²) in [5.41, 5.74) is 5.74. The summed E-state index contributed by atoms with van der Waals surface area (Å²) in [7, 11) is 0. The largest absolute Gasteiger partial charge is 0.330 e. The van der Waals surface area contributed by atoms with Gasteiger partial charge >= 0.3 is 0 Å². The van der Waals surface area contributed by atoms with E-state index in [0.717, 1.165) is 13.0 Å². The summed E-state index contributed by atoms with van der Waals surface area (Å²) in [6.45, 7) is 9.24. The molecular weight excluding hydrogens is 328 g/mol. The highest BCUT2D eigenvalue weighted by Gasteiger charge is 2.04. The highest BCUT2D eigenvalue weighted by atomic mass is 15.1. The van der Waals surface area contributed by atoms with Crippen LogP contribution in [-0.4, -0.2) is 31.1 Å². The third-order valence-corrected chi connectivity index (χ3v) is 5.83. The number of nitrogens with two attached hydrogens (primary N) is 1. The van der Waals surface area contributed by atoms with Gasteiger partial charge in [-0.05, 0) is 45.4 Å². The molecule has 0 aliphatic rings. The first-order chi connectivity index (χ1) is 13.3. The number of hydrogen-bond donors (Lipinski definition) is 1. The van der Waals surface area contributed by atoms with Crippen LogP contribution in [0.1, 0.15) is 136 Å². The molecule has 0 rings (SSSR count). The number of unbranched alkanes of at least 4 members (excludes halogenated alkanes) is 16. The Labute approximate surface area is 173 Å². The standard InChI is InChI=1S/C25H54N2/c1-3-5-7-9-11-13-15-17-19-23-27(25-21-22-26)24-20-18-16-14-12-10-8-6-4-2/h3-26H2,1-2H3. The normalized spacial score (nSPS) is 11.6. The van der Waals surface area contributed by atoms with Gasteiger partial charge in [0, 0.05) is 0 Å². The number of hydrogen-bond acceptors (Lipinski definition) is 2. The molecule has 0 aliphatic heterocycles. The van der Waals surface area contributed by atoms with Crippen LogP contribution in [0.15, 0.2) is 0 Å². The van der Waals surface area contributed by atoms with Gasteiger partial charge in [-0.25, -0.2) is 0 Å². The molecule has 0 aromatic heterocycles. The van der Waals surface area contributed by atoms with Crippen LogP contribution in [0.4, 0.5) is 0 Å². The van der Waals surface area contributed by atoms with E-state index in [1.807, 2.05) is 0 Å². The molecule has 2 N–H and O–H groups in total. The summed E-state index contributed by atoms with van der Waals surface area (Å²) < 4.78 is 0. The molecule has 0 saturated heterocycles. The van der Waals surface area contributed by atoms with Crippen molar-refractivity contribution >= 4 is 0 Å². The lowest BCUT2D eigenvalue weighted by Crippen LogP contribution is -2.28. The van der Waals surface area contributed by atoms with Gasteiger partial charge in [-0.2, -0.15) is 0 Å². The minimum atomic E-state index is 0.839. The van der Waals surface area contributed by atoms with Gasteiger partial charge in [-0.1, -0.05) is 117 Å². The summed E-state index contributed by atoms with van der Waals surface area (Å²) in [5, 5.41) is 0. The second-order valence-electron chi connectivity index (χ2n) is 8.64. The van der Waals surface area contributed by atoms with Crippen molar-refractivity contribution in [3.05, 3.63) is 0 Å². The van der Waals surface area contributed by atoms with Crippen molar-refractivity contribution in [2.45, 2.75) is 136 Å². The summed E-state index contributed by atoms with van der Waals surface area (Å²) in [4.78, 5) is 2.69. The van der Waals surface area contributed by atoms with E-state index in [0.29, 0.717) is 0 Å². The Bertz CT molecular complexity index is 233. The van der Waals surface area contributed by atoms with Crippen molar-refractivity contribution in [2.24, 2.45) is 5.73 Å². The zero-order chi connectivity index (χ0) is 19.8. The molecule has 0 saturated carbocycles. The highest BCUT2D eigenvalue weighted by molar-refractivity contribution is 4.60. The molecule has 0 bridgehead atoms. The first-order valence-corrected chi connectivity index (χ1v) is 12.8. The lowest BCUT2D eigenvalue weighted by Gasteiger charge is -2.22. The van der Waals surface area contributed by atoms with E-state index < -0.39 is 0 Å². The fourth-order valence-electron chi connectivity index (χ4n) is 3.94. The Hall–Kier alpha value is -0.0800. The van der Waals surface area contributed by atoms with Crippen LogP contribution >= 0.6 is 0 Å². The van der Waals surface area contributed by atoms with E-state index in [4.69, 9.17) is 5.73 Å². The van der Waals surface area contributed by atoms with Crippen LogP contribution in [0.5, 0.6) is 0 Å². The number of nitrogens with zero attached hydrogens (tertiary/aromatic N) is 1. The predicted octanol–water partition coefficient (Wildman–Crippen LogP) is 7.70. The molecule has 0 spiro atoms. The molecule has 0 aromatic rings. The zero-order valence-corrected chi connectivity index (χ0v) is 19.3. The van der Waals surface area contributed by atoms with Gasteiger partial charge in [0.15, 0.2) is 0 Å². The fourth-order valence-corrected chi connectivity index (χ4v) is 3.94. The van der Waals surface area contributed by atoms with Crippen molar-refractivity contribution in [1.82, 2.24) is 4.90 Å². The molecule has 27 heavy (non-hydrogen) atoms. The minimum Gasteiger partial charge on any atom is -0.330 e.